The molecule has 2 rings (SSSR count). The maximum Gasteiger partial charge on any atom is 0.253 e. The quantitative estimate of drug-likeness (QED) is 0.864. The minimum Gasteiger partial charge on any atom is -0.355 e. The third-order valence-electron chi connectivity index (χ3n) is 2.55. The second-order valence-electron chi connectivity index (χ2n) is 3.61. The topological polar surface area (TPSA) is 29.1 Å². The van der Waals surface area contributed by atoms with Crippen LogP contribution in [-0.4, -0.2) is 13.0 Å². The van der Waals surface area contributed by atoms with E-state index in [2.05, 4.69) is 5.32 Å². The van der Waals surface area contributed by atoms with Crippen molar-refractivity contribution in [1.29, 1.82) is 0 Å². The maximum atomic E-state index is 11.8. The van der Waals surface area contributed by atoms with Gasteiger partial charge in [-0.3, -0.25) is 4.79 Å². The first-order valence-electron chi connectivity index (χ1n) is 5.30. The van der Waals surface area contributed by atoms with Crippen molar-refractivity contribution in [3.8, 4) is 11.1 Å². The molecule has 2 nitrogen and oxygen atoms in total. The number of benzene rings is 2. The highest BCUT2D eigenvalue weighted by molar-refractivity contribution is 6.34. The third kappa shape index (κ3) is 2.32. The molecule has 0 spiro atoms. The van der Waals surface area contributed by atoms with Gasteiger partial charge >= 0.3 is 0 Å². The van der Waals surface area contributed by atoms with E-state index in [1.165, 1.54) is 0 Å². The summed E-state index contributed by atoms with van der Waals surface area (Å²) in [5.41, 5.74) is 2.34. The predicted octanol–water partition coefficient (Wildman–Crippen LogP) is 3.37. The van der Waals surface area contributed by atoms with Crippen molar-refractivity contribution in [3.05, 3.63) is 59.1 Å². The molecule has 0 aliphatic heterocycles. The number of halogens is 1. The molecule has 86 valence electrons. The Hall–Kier alpha value is -1.80. The number of hydrogen-bond acceptors (Lipinski definition) is 1. The summed E-state index contributed by atoms with van der Waals surface area (Å²) >= 11 is 6.09. The number of carbonyl (C=O) groups excluding carboxylic acids is 1. The largest absolute Gasteiger partial charge is 0.355 e. The molecule has 2 aromatic carbocycles. The lowest BCUT2D eigenvalue weighted by Gasteiger charge is -2.10. The maximum absolute atomic E-state index is 11.8. The van der Waals surface area contributed by atoms with Crippen LogP contribution in [0.25, 0.3) is 11.1 Å². The molecule has 1 N–H and O–H groups in total. The molecule has 0 fully saturated rings. The standard InChI is InChI=1S/C14H12ClNO/c1-16-14(17)13-11(8-5-9-12(13)15)10-6-3-2-4-7-10/h2-9H,1H3,(H,16,17). The lowest BCUT2D eigenvalue weighted by Crippen LogP contribution is -2.19. The minimum atomic E-state index is -0.172. The fraction of sp³-hybridized carbons (Fsp3) is 0.0714. The van der Waals surface area contributed by atoms with Gasteiger partial charge in [0, 0.05) is 7.05 Å². The summed E-state index contributed by atoms with van der Waals surface area (Å²) in [7, 11) is 1.60. The van der Waals surface area contributed by atoms with Gasteiger partial charge in [-0.15, -0.1) is 0 Å². The van der Waals surface area contributed by atoms with Gasteiger partial charge in [0.25, 0.3) is 5.91 Å². The molecule has 1 amide bonds. The highest BCUT2D eigenvalue weighted by Gasteiger charge is 2.14. The van der Waals surface area contributed by atoms with Gasteiger partial charge in [-0.1, -0.05) is 54.1 Å². The van der Waals surface area contributed by atoms with Crippen molar-refractivity contribution in [1.82, 2.24) is 5.32 Å². The highest BCUT2D eigenvalue weighted by Crippen LogP contribution is 2.28. The summed E-state index contributed by atoms with van der Waals surface area (Å²) < 4.78 is 0. The first-order chi connectivity index (χ1) is 8.24. The number of rotatable bonds is 2. The van der Waals surface area contributed by atoms with Crippen molar-refractivity contribution in [2.75, 3.05) is 7.05 Å². The number of hydrogen-bond donors (Lipinski definition) is 1. The van der Waals surface area contributed by atoms with Crippen LogP contribution in [0.5, 0.6) is 0 Å². The van der Waals surface area contributed by atoms with E-state index in [1.807, 2.05) is 42.5 Å². The van der Waals surface area contributed by atoms with Gasteiger partial charge in [-0.05, 0) is 17.2 Å². The zero-order valence-electron chi connectivity index (χ0n) is 9.41. The van der Waals surface area contributed by atoms with Crippen molar-refractivity contribution >= 4 is 17.5 Å². The van der Waals surface area contributed by atoms with Crippen molar-refractivity contribution in [2.45, 2.75) is 0 Å². The molecule has 0 bridgehead atoms. The van der Waals surface area contributed by atoms with Crippen LogP contribution in [0.3, 0.4) is 0 Å². The summed E-state index contributed by atoms with van der Waals surface area (Å²) in [6.45, 7) is 0. The molecule has 17 heavy (non-hydrogen) atoms. The fourth-order valence-electron chi connectivity index (χ4n) is 1.74. The Morgan fingerprint density at radius 1 is 1.06 bits per heavy atom. The molecule has 0 saturated carbocycles. The molecule has 0 atom stereocenters. The van der Waals surface area contributed by atoms with E-state index in [4.69, 9.17) is 11.6 Å². The number of nitrogens with one attached hydrogen (secondary N) is 1. The normalized spacial score (nSPS) is 10.0. The van der Waals surface area contributed by atoms with Crippen LogP contribution in [0, 0.1) is 0 Å². The van der Waals surface area contributed by atoms with Gasteiger partial charge in [0.15, 0.2) is 0 Å². The summed E-state index contributed by atoms with van der Waals surface area (Å²) in [5.74, 6) is -0.172. The molecule has 0 radical (unpaired) electrons. The van der Waals surface area contributed by atoms with Gasteiger partial charge in [0.2, 0.25) is 0 Å². The van der Waals surface area contributed by atoms with E-state index < -0.39 is 0 Å². The zero-order valence-corrected chi connectivity index (χ0v) is 10.2. The van der Waals surface area contributed by atoms with Crippen LogP contribution in [0.2, 0.25) is 5.02 Å². The van der Waals surface area contributed by atoms with Gasteiger partial charge in [-0.2, -0.15) is 0 Å². The molecule has 0 aliphatic rings. The van der Waals surface area contributed by atoms with Crippen LogP contribution < -0.4 is 5.32 Å². The fourth-order valence-corrected chi connectivity index (χ4v) is 2.00. The zero-order chi connectivity index (χ0) is 12.3. The Morgan fingerprint density at radius 3 is 2.41 bits per heavy atom. The van der Waals surface area contributed by atoms with Crippen LogP contribution in [0.1, 0.15) is 10.4 Å². The molecule has 2 aromatic rings. The first kappa shape index (κ1) is 11.7. The molecular weight excluding hydrogens is 234 g/mol. The minimum absolute atomic E-state index is 0.172. The van der Waals surface area contributed by atoms with Gasteiger partial charge in [0.05, 0.1) is 10.6 Å². The Morgan fingerprint density at radius 2 is 1.76 bits per heavy atom. The van der Waals surface area contributed by atoms with Gasteiger partial charge < -0.3 is 5.32 Å². The number of carbonyl (C=O) groups is 1. The lowest BCUT2D eigenvalue weighted by atomic mass is 9.99. The monoisotopic (exact) mass is 245 g/mol. The van der Waals surface area contributed by atoms with Crippen LogP contribution in [-0.2, 0) is 0 Å². The van der Waals surface area contributed by atoms with Crippen molar-refractivity contribution < 1.29 is 4.79 Å². The molecule has 0 saturated heterocycles. The highest BCUT2D eigenvalue weighted by atomic mass is 35.5. The molecule has 0 aromatic heterocycles. The smallest absolute Gasteiger partial charge is 0.253 e. The summed E-state index contributed by atoms with van der Waals surface area (Å²) in [6.07, 6.45) is 0. The second kappa shape index (κ2) is 5.02. The molecule has 0 unspecified atom stereocenters. The van der Waals surface area contributed by atoms with Crippen LogP contribution in [0.15, 0.2) is 48.5 Å². The second-order valence-corrected chi connectivity index (χ2v) is 4.01. The average Bonchev–Trinajstić information content (AvgIpc) is 2.38. The van der Waals surface area contributed by atoms with Gasteiger partial charge in [-0.25, -0.2) is 0 Å². The SMILES string of the molecule is CNC(=O)c1c(Cl)cccc1-c1ccccc1. The Labute approximate surface area is 105 Å². The Kier molecular flexibility index (Phi) is 3.45. The van der Waals surface area contributed by atoms with Crippen LogP contribution >= 0.6 is 11.6 Å². The number of amides is 1. The van der Waals surface area contributed by atoms with E-state index in [9.17, 15) is 4.79 Å². The summed E-state index contributed by atoms with van der Waals surface area (Å²) in [6, 6.07) is 15.2. The Balaban J connectivity index is 2.62. The van der Waals surface area contributed by atoms with Crippen LogP contribution in [0.4, 0.5) is 0 Å². The van der Waals surface area contributed by atoms with E-state index in [0.717, 1.165) is 11.1 Å². The molecular formula is C14H12ClNO. The Bertz CT molecular complexity index is 537. The van der Waals surface area contributed by atoms with Gasteiger partial charge in [0.1, 0.15) is 0 Å². The third-order valence-corrected chi connectivity index (χ3v) is 2.87. The first-order valence-corrected chi connectivity index (χ1v) is 5.68. The van der Waals surface area contributed by atoms with Crippen molar-refractivity contribution in [2.24, 2.45) is 0 Å². The predicted molar refractivity (Wildman–Crippen MR) is 70.3 cm³/mol. The van der Waals surface area contributed by atoms with Crippen molar-refractivity contribution in [3.63, 3.8) is 0 Å². The van der Waals surface area contributed by atoms with E-state index in [-0.39, 0.29) is 5.91 Å². The lowest BCUT2D eigenvalue weighted by molar-refractivity contribution is 0.0964. The summed E-state index contributed by atoms with van der Waals surface area (Å²) in [4.78, 5) is 11.8. The average molecular weight is 246 g/mol. The summed E-state index contributed by atoms with van der Waals surface area (Å²) in [5, 5.41) is 3.07. The van der Waals surface area contributed by atoms with E-state index in [0.29, 0.717) is 10.6 Å². The van der Waals surface area contributed by atoms with E-state index in [1.54, 1.807) is 13.1 Å². The molecule has 0 heterocycles. The molecule has 3 heteroatoms. The van der Waals surface area contributed by atoms with E-state index >= 15 is 0 Å². The molecule has 0 aliphatic carbocycles.